The quantitative estimate of drug-likeness (QED) is 0.296. The van der Waals surface area contributed by atoms with E-state index in [1.807, 2.05) is 60.6 Å². The van der Waals surface area contributed by atoms with Gasteiger partial charge < -0.3 is 9.47 Å². The van der Waals surface area contributed by atoms with E-state index in [1.165, 1.54) is 11.1 Å². The van der Waals surface area contributed by atoms with Gasteiger partial charge in [0.2, 0.25) is 0 Å². The molecule has 0 aliphatic rings. The number of aromatic nitrogens is 1. The second kappa shape index (κ2) is 14.7. The molecular formula is C20H30ClNO2. The fourth-order valence-corrected chi connectivity index (χ4v) is 1.46. The number of halogens is 1. The number of hydrogen-bond acceptors (Lipinski definition) is 3. The van der Waals surface area contributed by atoms with Gasteiger partial charge in [0.15, 0.2) is 5.76 Å². The van der Waals surface area contributed by atoms with Crippen molar-refractivity contribution in [1.29, 1.82) is 0 Å². The summed E-state index contributed by atoms with van der Waals surface area (Å²) >= 11 is 5.61. The number of methoxy groups -OCH3 is 2. The Hall–Kier alpha value is -1.92. The van der Waals surface area contributed by atoms with Crippen molar-refractivity contribution in [2.75, 3.05) is 14.2 Å². The van der Waals surface area contributed by atoms with Crippen LogP contribution in [0.15, 0.2) is 35.3 Å². The Labute approximate surface area is 152 Å². The highest BCUT2D eigenvalue weighted by atomic mass is 35.5. The van der Waals surface area contributed by atoms with Gasteiger partial charge in [0, 0.05) is 5.69 Å². The van der Waals surface area contributed by atoms with Gasteiger partial charge in [-0.3, -0.25) is 0 Å². The average Bonchev–Trinajstić information content (AvgIpc) is 2.56. The number of nitrogens with zero attached hydrogens (tertiary/aromatic N) is 1. The van der Waals surface area contributed by atoms with E-state index >= 15 is 0 Å². The van der Waals surface area contributed by atoms with Crippen LogP contribution >= 0.6 is 11.6 Å². The fourth-order valence-electron chi connectivity index (χ4n) is 1.27. The van der Waals surface area contributed by atoms with E-state index in [-0.39, 0.29) is 0 Å². The number of aryl methyl sites for hydroxylation is 2. The van der Waals surface area contributed by atoms with Crippen molar-refractivity contribution in [1.82, 2.24) is 4.98 Å². The normalized spacial score (nSPS) is 9.58. The summed E-state index contributed by atoms with van der Waals surface area (Å²) in [5.74, 6) is 6.95. The highest BCUT2D eigenvalue weighted by Gasteiger charge is 1.97. The molecule has 0 unspecified atom stereocenters. The molecule has 0 saturated carbocycles. The Kier molecular flexibility index (Phi) is 14.9. The van der Waals surface area contributed by atoms with Gasteiger partial charge in [0.1, 0.15) is 10.9 Å². The van der Waals surface area contributed by atoms with Crippen LogP contribution in [-0.4, -0.2) is 19.2 Å². The summed E-state index contributed by atoms with van der Waals surface area (Å²) in [7, 11) is 3.27. The monoisotopic (exact) mass is 351 g/mol. The van der Waals surface area contributed by atoms with Crippen LogP contribution in [0.1, 0.15) is 45.9 Å². The minimum atomic E-state index is 0.568. The maximum Gasteiger partial charge on any atom is 0.156 e. The van der Waals surface area contributed by atoms with Crippen molar-refractivity contribution >= 4 is 11.6 Å². The van der Waals surface area contributed by atoms with Crippen LogP contribution in [0, 0.1) is 25.7 Å². The smallest absolute Gasteiger partial charge is 0.156 e. The SMILES string of the molecule is CC#CC.CO/C(C)=C(/C=C(C)C)OC.Cc1ccc(Cl)nc1C. The molecule has 0 bridgehead atoms. The third-order valence-electron chi connectivity index (χ3n) is 2.86. The Morgan fingerprint density at radius 1 is 1.04 bits per heavy atom. The molecule has 0 saturated heterocycles. The van der Waals surface area contributed by atoms with E-state index in [0.29, 0.717) is 5.15 Å². The van der Waals surface area contributed by atoms with Crippen molar-refractivity contribution in [3.63, 3.8) is 0 Å². The lowest BCUT2D eigenvalue weighted by atomic mass is 10.2. The molecule has 0 aliphatic heterocycles. The highest BCUT2D eigenvalue weighted by Crippen LogP contribution is 2.09. The molecule has 1 aromatic rings. The Bertz CT molecular complexity index is 598. The topological polar surface area (TPSA) is 31.4 Å². The summed E-state index contributed by atoms with van der Waals surface area (Å²) in [6, 6.07) is 3.76. The van der Waals surface area contributed by atoms with Crippen LogP contribution in [0.5, 0.6) is 0 Å². The zero-order chi connectivity index (χ0) is 19.1. The molecule has 134 valence electrons. The van der Waals surface area contributed by atoms with Crippen molar-refractivity contribution in [3.8, 4) is 11.8 Å². The number of ether oxygens (including phenoxy) is 2. The largest absolute Gasteiger partial charge is 0.498 e. The zero-order valence-electron chi connectivity index (χ0n) is 16.4. The number of pyridine rings is 1. The van der Waals surface area contributed by atoms with E-state index in [2.05, 4.69) is 16.8 Å². The second-order valence-electron chi connectivity index (χ2n) is 5.09. The molecule has 4 heteroatoms. The standard InChI is InChI=1S/C9H16O2.C7H8ClN.C4H6/c1-7(2)6-9(11-5)8(3)10-4;1-5-3-4-7(8)9-6(5)2;1-3-4-2/h6H,1-5H3;3-4H,1-2H3;1-2H3/b9-8-;;. The molecule has 0 spiro atoms. The molecule has 1 aromatic heterocycles. The van der Waals surface area contributed by atoms with Gasteiger partial charge in [0.05, 0.1) is 14.2 Å². The maximum absolute atomic E-state index is 5.61. The molecule has 0 N–H and O–H groups in total. The van der Waals surface area contributed by atoms with E-state index in [4.69, 9.17) is 21.1 Å². The first-order chi connectivity index (χ1) is 11.2. The van der Waals surface area contributed by atoms with Crippen LogP contribution in [0.2, 0.25) is 5.15 Å². The number of allylic oxidation sites excluding steroid dienone is 3. The highest BCUT2D eigenvalue weighted by molar-refractivity contribution is 6.29. The summed E-state index contributed by atoms with van der Waals surface area (Å²) < 4.78 is 10.1. The van der Waals surface area contributed by atoms with Gasteiger partial charge >= 0.3 is 0 Å². The zero-order valence-corrected chi connectivity index (χ0v) is 17.1. The van der Waals surface area contributed by atoms with Crippen LogP contribution in [-0.2, 0) is 9.47 Å². The van der Waals surface area contributed by atoms with Crippen molar-refractivity contribution < 1.29 is 9.47 Å². The number of rotatable bonds is 3. The predicted octanol–water partition coefficient (Wildman–Crippen LogP) is 5.86. The minimum absolute atomic E-state index is 0.568. The summed E-state index contributed by atoms with van der Waals surface area (Å²) in [6.45, 7) is 13.5. The van der Waals surface area contributed by atoms with Gasteiger partial charge in [-0.2, -0.15) is 0 Å². The fraction of sp³-hybridized carbons (Fsp3) is 0.450. The molecule has 0 aromatic carbocycles. The lowest BCUT2D eigenvalue weighted by molar-refractivity contribution is 0.232. The first-order valence-electron chi connectivity index (χ1n) is 7.60. The Morgan fingerprint density at radius 3 is 1.88 bits per heavy atom. The van der Waals surface area contributed by atoms with E-state index in [9.17, 15) is 0 Å². The molecular weight excluding hydrogens is 322 g/mol. The minimum Gasteiger partial charge on any atom is -0.498 e. The van der Waals surface area contributed by atoms with E-state index in [1.54, 1.807) is 20.3 Å². The summed E-state index contributed by atoms with van der Waals surface area (Å²) in [5, 5.41) is 0.568. The molecule has 1 rings (SSSR count). The lowest BCUT2D eigenvalue weighted by Gasteiger charge is -2.05. The van der Waals surface area contributed by atoms with E-state index < -0.39 is 0 Å². The molecule has 0 amide bonds. The number of hydrogen-bond donors (Lipinski definition) is 0. The predicted molar refractivity (Wildman–Crippen MR) is 104 cm³/mol. The van der Waals surface area contributed by atoms with Crippen molar-refractivity contribution in [2.45, 2.75) is 48.5 Å². The molecule has 0 fully saturated rings. The lowest BCUT2D eigenvalue weighted by Crippen LogP contribution is -1.91. The molecule has 0 radical (unpaired) electrons. The van der Waals surface area contributed by atoms with Crippen LogP contribution < -0.4 is 0 Å². The third-order valence-corrected chi connectivity index (χ3v) is 3.07. The maximum atomic E-state index is 5.61. The van der Waals surface area contributed by atoms with Gasteiger partial charge in [-0.25, -0.2) is 4.98 Å². The van der Waals surface area contributed by atoms with Gasteiger partial charge in [-0.15, -0.1) is 11.8 Å². The van der Waals surface area contributed by atoms with Crippen molar-refractivity contribution in [3.05, 3.63) is 51.7 Å². The summed E-state index contributed by atoms with van der Waals surface area (Å²) in [5.41, 5.74) is 3.38. The summed E-state index contributed by atoms with van der Waals surface area (Å²) in [6.07, 6.45) is 1.94. The van der Waals surface area contributed by atoms with Gasteiger partial charge in [0.25, 0.3) is 0 Å². The van der Waals surface area contributed by atoms with Crippen LogP contribution in [0.3, 0.4) is 0 Å². The third kappa shape index (κ3) is 12.6. The van der Waals surface area contributed by atoms with Gasteiger partial charge in [-0.1, -0.05) is 23.2 Å². The first kappa shape index (κ1) is 24.3. The second-order valence-corrected chi connectivity index (χ2v) is 5.47. The van der Waals surface area contributed by atoms with Gasteiger partial charge in [-0.05, 0) is 66.2 Å². The molecule has 0 atom stereocenters. The average molecular weight is 352 g/mol. The van der Waals surface area contributed by atoms with E-state index in [0.717, 1.165) is 17.2 Å². The van der Waals surface area contributed by atoms with Crippen molar-refractivity contribution in [2.24, 2.45) is 0 Å². The molecule has 3 nitrogen and oxygen atoms in total. The Morgan fingerprint density at radius 2 is 1.58 bits per heavy atom. The molecule has 0 aliphatic carbocycles. The Balaban J connectivity index is 0. The molecule has 1 heterocycles. The molecule has 24 heavy (non-hydrogen) atoms. The van der Waals surface area contributed by atoms with Crippen LogP contribution in [0.4, 0.5) is 0 Å². The first-order valence-corrected chi connectivity index (χ1v) is 7.98. The van der Waals surface area contributed by atoms with Crippen LogP contribution in [0.25, 0.3) is 0 Å². The summed E-state index contributed by atoms with van der Waals surface area (Å²) in [4.78, 5) is 4.04.